The highest BCUT2D eigenvalue weighted by atomic mass is 19.3. The summed E-state index contributed by atoms with van der Waals surface area (Å²) in [6.07, 6.45) is 1.88. The third kappa shape index (κ3) is 7.06. The molecule has 1 heterocycles. The SMILES string of the molecule is CCCc1cc(/C(=C/NC)CN)c(C(F)F)cc1NC(N)/C(NC)=C(/CC)NC1CCNC1. The van der Waals surface area contributed by atoms with Crippen molar-refractivity contribution < 1.29 is 8.78 Å². The first-order chi connectivity index (χ1) is 15.9. The van der Waals surface area contributed by atoms with Gasteiger partial charge in [0.15, 0.2) is 0 Å². The standard InChI is InChI=1S/C24H41F2N7/c1-5-7-15-10-18(16(12-27)13-29-3)19(23(25)26)11-21(15)33-24(28)22(30-4)20(6-2)32-17-8-9-31-14-17/h10-11,13,17,23-24,29-33H,5-9,12,14,27-28H2,1-4H3/b16-13+,22-20+. The third-order valence-electron chi connectivity index (χ3n) is 5.92. The number of hydrogen-bond acceptors (Lipinski definition) is 7. The fraction of sp³-hybridized carbons (Fsp3) is 0.583. The predicted octanol–water partition coefficient (Wildman–Crippen LogP) is 2.58. The van der Waals surface area contributed by atoms with Crippen molar-refractivity contribution in [3.63, 3.8) is 0 Å². The Labute approximate surface area is 196 Å². The van der Waals surface area contributed by atoms with Crippen molar-refractivity contribution in [3.05, 3.63) is 46.4 Å². The van der Waals surface area contributed by atoms with E-state index in [1.54, 1.807) is 13.2 Å². The molecule has 1 aromatic rings. The second kappa shape index (κ2) is 13.4. The van der Waals surface area contributed by atoms with Crippen molar-refractivity contribution in [2.45, 2.75) is 58.2 Å². The van der Waals surface area contributed by atoms with E-state index in [0.29, 0.717) is 22.9 Å². The molecule has 33 heavy (non-hydrogen) atoms. The summed E-state index contributed by atoms with van der Waals surface area (Å²) in [6.45, 7) is 6.19. The third-order valence-corrected chi connectivity index (χ3v) is 5.92. The molecule has 0 aromatic heterocycles. The highest BCUT2D eigenvalue weighted by Crippen LogP contribution is 2.34. The summed E-state index contributed by atoms with van der Waals surface area (Å²) < 4.78 is 28.1. The van der Waals surface area contributed by atoms with Crippen LogP contribution in [0, 0.1) is 0 Å². The van der Waals surface area contributed by atoms with Crippen LogP contribution in [-0.2, 0) is 6.42 Å². The van der Waals surface area contributed by atoms with Gasteiger partial charge in [0.25, 0.3) is 6.43 Å². The molecule has 1 aliphatic heterocycles. The summed E-state index contributed by atoms with van der Waals surface area (Å²) in [5.41, 5.74) is 16.9. The van der Waals surface area contributed by atoms with Crippen LogP contribution in [0.1, 0.15) is 56.2 Å². The van der Waals surface area contributed by atoms with Gasteiger partial charge in [0.1, 0.15) is 6.17 Å². The van der Waals surface area contributed by atoms with E-state index in [9.17, 15) is 8.78 Å². The molecule has 1 aliphatic rings. The van der Waals surface area contributed by atoms with Crippen molar-refractivity contribution in [2.24, 2.45) is 11.5 Å². The van der Waals surface area contributed by atoms with Crippen LogP contribution in [0.15, 0.2) is 29.7 Å². The molecule has 1 aromatic carbocycles. The molecule has 7 nitrogen and oxygen atoms in total. The minimum Gasteiger partial charge on any atom is -0.394 e. The van der Waals surface area contributed by atoms with E-state index in [1.807, 2.05) is 13.1 Å². The van der Waals surface area contributed by atoms with Crippen molar-refractivity contribution >= 4 is 11.3 Å². The van der Waals surface area contributed by atoms with Gasteiger partial charge in [-0.25, -0.2) is 8.78 Å². The van der Waals surface area contributed by atoms with E-state index in [-0.39, 0.29) is 12.1 Å². The number of nitrogens with two attached hydrogens (primary N) is 2. The van der Waals surface area contributed by atoms with E-state index in [1.165, 1.54) is 6.07 Å². The molecule has 9 heteroatoms. The average molecular weight is 466 g/mol. The van der Waals surface area contributed by atoms with Gasteiger partial charge in [-0.15, -0.1) is 0 Å². The zero-order valence-corrected chi connectivity index (χ0v) is 20.3. The lowest BCUT2D eigenvalue weighted by molar-refractivity contribution is 0.151. The topological polar surface area (TPSA) is 112 Å². The zero-order chi connectivity index (χ0) is 24.4. The summed E-state index contributed by atoms with van der Waals surface area (Å²) in [6, 6.07) is 3.70. The maximum Gasteiger partial charge on any atom is 0.264 e. The van der Waals surface area contributed by atoms with Crippen LogP contribution in [0.3, 0.4) is 0 Å². The lowest BCUT2D eigenvalue weighted by atomic mass is 9.94. The van der Waals surface area contributed by atoms with E-state index in [2.05, 4.69) is 40.4 Å². The van der Waals surface area contributed by atoms with Gasteiger partial charge in [-0.05, 0) is 54.6 Å². The molecule has 0 spiro atoms. The molecule has 2 atom stereocenters. The zero-order valence-electron chi connectivity index (χ0n) is 20.3. The van der Waals surface area contributed by atoms with Crippen LogP contribution in [0.4, 0.5) is 14.5 Å². The second-order valence-corrected chi connectivity index (χ2v) is 8.26. The maximum absolute atomic E-state index is 14.0. The largest absolute Gasteiger partial charge is 0.394 e. The van der Waals surface area contributed by atoms with Crippen molar-refractivity contribution in [1.82, 2.24) is 21.3 Å². The summed E-state index contributed by atoms with van der Waals surface area (Å²) in [5, 5.41) is 16.4. The van der Waals surface area contributed by atoms with Gasteiger partial charge in [-0.1, -0.05) is 20.3 Å². The fourth-order valence-corrected chi connectivity index (χ4v) is 4.28. The van der Waals surface area contributed by atoms with Gasteiger partial charge >= 0.3 is 0 Å². The Morgan fingerprint density at radius 3 is 2.55 bits per heavy atom. The number of aryl methyl sites for hydroxylation is 1. The average Bonchev–Trinajstić information content (AvgIpc) is 3.31. The van der Waals surface area contributed by atoms with E-state index >= 15 is 0 Å². The van der Waals surface area contributed by atoms with Gasteiger partial charge < -0.3 is 38.1 Å². The summed E-state index contributed by atoms with van der Waals surface area (Å²) >= 11 is 0. The number of likely N-dealkylation sites (N-methyl/N-ethyl adjacent to an activating group) is 1. The number of halogens is 2. The van der Waals surface area contributed by atoms with Gasteiger partial charge in [0, 0.05) is 56.4 Å². The van der Waals surface area contributed by atoms with Crippen LogP contribution < -0.4 is 38.1 Å². The van der Waals surface area contributed by atoms with Gasteiger partial charge in [0.05, 0.1) is 5.70 Å². The first-order valence-corrected chi connectivity index (χ1v) is 11.8. The van der Waals surface area contributed by atoms with Crippen LogP contribution in [0.2, 0.25) is 0 Å². The molecule has 0 amide bonds. The number of hydrogen-bond donors (Lipinski definition) is 7. The molecule has 0 radical (unpaired) electrons. The first kappa shape index (κ1) is 26.9. The molecule has 2 unspecified atom stereocenters. The van der Waals surface area contributed by atoms with Crippen LogP contribution in [0.25, 0.3) is 5.57 Å². The molecule has 2 rings (SSSR count). The van der Waals surface area contributed by atoms with E-state index in [0.717, 1.165) is 55.7 Å². The molecule has 0 bridgehead atoms. The van der Waals surface area contributed by atoms with Crippen molar-refractivity contribution in [2.75, 3.05) is 39.0 Å². The quantitative estimate of drug-likeness (QED) is 0.224. The summed E-state index contributed by atoms with van der Waals surface area (Å²) in [4.78, 5) is 0. The molecule has 186 valence electrons. The smallest absolute Gasteiger partial charge is 0.264 e. The predicted molar refractivity (Wildman–Crippen MR) is 134 cm³/mol. The molecule has 9 N–H and O–H groups in total. The van der Waals surface area contributed by atoms with Gasteiger partial charge in [-0.3, -0.25) is 0 Å². The lowest BCUT2D eigenvalue weighted by Crippen LogP contribution is -2.41. The second-order valence-electron chi connectivity index (χ2n) is 8.26. The molecule has 1 saturated heterocycles. The van der Waals surface area contributed by atoms with Crippen LogP contribution >= 0.6 is 0 Å². The number of alkyl halides is 2. The summed E-state index contributed by atoms with van der Waals surface area (Å²) in [5.74, 6) is 0. The summed E-state index contributed by atoms with van der Waals surface area (Å²) in [7, 11) is 3.56. The van der Waals surface area contributed by atoms with E-state index < -0.39 is 12.6 Å². The lowest BCUT2D eigenvalue weighted by Gasteiger charge is -2.26. The Hall–Kier alpha value is -2.36. The van der Waals surface area contributed by atoms with Crippen LogP contribution in [0.5, 0.6) is 0 Å². The first-order valence-electron chi connectivity index (χ1n) is 11.8. The number of allylic oxidation sites excluding steroid dienone is 1. The minimum absolute atomic E-state index is 0.0580. The Bertz CT molecular complexity index is 817. The van der Waals surface area contributed by atoms with Crippen molar-refractivity contribution in [1.29, 1.82) is 0 Å². The van der Waals surface area contributed by atoms with Gasteiger partial charge in [0.2, 0.25) is 0 Å². The molecule has 0 aliphatic carbocycles. The van der Waals surface area contributed by atoms with Crippen molar-refractivity contribution in [3.8, 4) is 0 Å². The normalized spacial score (nSPS) is 18.2. The fourth-order valence-electron chi connectivity index (χ4n) is 4.28. The number of nitrogens with one attached hydrogen (secondary N) is 5. The Morgan fingerprint density at radius 2 is 2.03 bits per heavy atom. The molecular weight excluding hydrogens is 424 g/mol. The monoisotopic (exact) mass is 465 g/mol. The molecule has 0 saturated carbocycles. The number of anilines is 1. The highest BCUT2D eigenvalue weighted by molar-refractivity contribution is 5.73. The maximum atomic E-state index is 14.0. The van der Waals surface area contributed by atoms with E-state index in [4.69, 9.17) is 11.5 Å². The Kier molecular flexibility index (Phi) is 10.9. The van der Waals surface area contributed by atoms with Crippen LogP contribution in [-0.4, -0.2) is 45.9 Å². The number of benzene rings is 1. The Morgan fingerprint density at radius 1 is 1.27 bits per heavy atom. The number of rotatable bonds is 13. The highest BCUT2D eigenvalue weighted by Gasteiger charge is 2.22. The minimum atomic E-state index is -2.64. The molecular formula is C24H41F2N7. The van der Waals surface area contributed by atoms with Gasteiger partial charge in [-0.2, -0.15) is 0 Å². The Balaban J connectivity index is 2.45. The molecule has 1 fully saturated rings.